The number of fused-ring (bicyclic) bond motifs is 1. The van der Waals surface area contributed by atoms with Crippen molar-refractivity contribution in [3.05, 3.63) is 24.2 Å². The summed E-state index contributed by atoms with van der Waals surface area (Å²) < 4.78 is 0. The zero-order valence-electron chi connectivity index (χ0n) is 14.4. The molecule has 2 N–H and O–H groups in total. The number of aromatic nitrogens is 4. The minimum absolute atomic E-state index is 0.297. The van der Waals surface area contributed by atoms with Crippen molar-refractivity contribution >= 4 is 11.9 Å². The molecule has 2 saturated heterocycles. The van der Waals surface area contributed by atoms with Crippen molar-refractivity contribution in [2.24, 2.45) is 5.92 Å². The van der Waals surface area contributed by atoms with Gasteiger partial charge in [0, 0.05) is 42.2 Å². The van der Waals surface area contributed by atoms with Crippen molar-refractivity contribution in [2.45, 2.75) is 56.9 Å². The largest absolute Gasteiger partial charge is 0.368 e. The average molecular weight is 336 g/mol. The molecule has 4 heterocycles. The van der Waals surface area contributed by atoms with E-state index >= 15 is 0 Å². The highest BCUT2D eigenvalue weighted by atomic mass is 15.3. The summed E-state index contributed by atoms with van der Waals surface area (Å²) >= 11 is 0. The van der Waals surface area contributed by atoms with Crippen molar-refractivity contribution < 1.29 is 0 Å². The summed E-state index contributed by atoms with van der Waals surface area (Å²) in [5, 5.41) is 0. The average Bonchev–Trinajstić information content (AvgIpc) is 3.24. The molecule has 6 heteroatoms. The van der Waals surface area contributed by atoms with Crippen LogP contribution in [-0.4, -0.2) is 32.5 Å². The predicted molar refractivity (Wildman–Crippen MR) is 97.2 cm³/mol. The molecule has 6 rings (SSSR count). The van der Waals surface area contributed by atoms with E-state index in [1.807, 2.05) is 0 Å². The van der Waals surface area contributed by atoms with Crippen molar-refractivity contribution in [1.82, 2.24) is 19.9 Å². The van der Waals surface area contributed by atoms with Crippen molar-refractivity contribution in [1.29, 1.82) is 0 Å². The molecule has 0 spiro atoms. The summed E-state index contributed by atoms with van der Waals surface area (Å²) in [6, 6.07) is 2.79. The van der Waals surface area contributed by atoms with Crippen LogP contribution in [0.2, 0.25) is 0 Å². The normalized spacial score (nSPS) is 25.8. The minimum Gasteiger partial charge on any atom is -0.368 e. The molecule has 0 radical (unpaired) electrons. The molecule has 2 bridgehead atoms. The Morgan fingerprint density at radius 3 is 2.44 bits per heavy atom. The van der Waals surface area contributed by atoms with E-state index in [1.165, 1.54) is 50.6 Å². The second-order valence-corrected chi connectivity index (χ2v) is 7.79. The highest BCUT2D eigenvalue weighted by Crippen LogP contribution is 2.43. The fourth-order valence-electron chi connectivity index (χ4n) is 4.58. The molecule has 0 unspecified atom stereocenters. The van der Waals surface area contributed by atoms with Gasteiger partial charge in [-0.05, 0) is 37.7 Å². The molecule has 25 heavy (non-hydrogen) atoms. The molecule has 130 valence electrons. The topological polar surface area (TPSA) is 80.8 Å². The van der Waals surface area contributed by atoms with Crippen LogP contribution in [0.15, 0.2) is 18.5 Å². The molecule has 0 aromatic carbocycles. The third-order valence-electron chi connectivity index (χ3n) is 6.09. The van der Waals surface area contributed by atoms with E-state index in [1.54, 1.807) is 12.4 Å². The molecule has 2 aliphatic carbocycles. The summed E-state index contributed by atoms with van der Waals surface area (Å²) in [5.74, 6) is 2.60. The Bertz CT molecular complexity index is 762. The first-order valence-electron chi connectivity index (χ1n) is 9.50. The summed E-state index contributed by atoms with van der Waals surface area (Å²) in [6.07, 6.45) is 12.6. The van der Waals surface area contributed by atoms with Crippen molar-refractivity contribution in [3.63, 3.8) is 0 Å². The van der Waals surface area contributed by atoms with Gasteiger partial charge in [-0.25, -0.2) is 19.9 Å². The summed E-state index contributed by atoms with van der Waals surface area (Å²) in [5.41, 5.74) is 8.68. The van der Waals surface area contributed by atoms with Crippen molar-refractivity contribution in [2.75, 3.05) is 17.2 Å². The van der Waals surface area contributed by atoms with E-state index in [9.17, 15) is 0 Å². The van der Waals surface area contributed by atoms with E-state index < -0.39 is 0 Å². The minimum atomic E-state index is 0.297. The Kier molecular flexibility index (Phi) is 3.57. The molecule has 0 amide bonds. The molecular weight excluding hydrogens is 312 g/mol. The lowest BCUT2D eigenvalue weighted by Gasteiger charge is -2.27. The maximum Gasteiger partial charge on any atom is 0.226 e. The van der Waals surface area contributed by atoms with Crippen LogP contribution >= 0.6 is 0 Å². The molecular formula is C19H24N6. The SMILES string of the molecule is Nc1ncc(-c2cc(C3CCCCC3)nc(N3CC4CC3C4)n2)cn1. The molecule has 6 nitrogen and oxygen atoms in total. The lowest BCUT2D eigenvalue weighted by Crippen LogP contribution is -2.30. The van der Waals surface area contributed by atoms with E-state index in [4.69, 9.17) is 15.7 Å². The smallest absolute Gasteiger partial charge is 0.226 e. The molecule has 4 fully saturated rings. The quantitative estimate of drug-likeness (QED) is 0.927. The van der Waals surface area contributed by atoms with Crippen LogP contribution in [0.5, 0.6) is 0 Å². The number of hydrogen-bond donors (Lipinski definition) is 1. The van der Waals surface area contributed by atoms with Crippen LogP contribution in [0, 0.1) is 5.92 Å². The van der Waals surface area contributed by atoms with Crippen LogP contribution in [-0.2, 0) is 0 Å². The lowest BCUT2D eigenvalue weighted by atomic mass is 9.86. The van der Waals surface area contributed by atoms with Gasteiger partial charge in [-0.2, -0.15) is 0 Å². The molecule has 2 aromatic heterocycles. The lowest BCUT2D eigenvalue weighted by molar-refractivity contribution is 0.380. The van der Waals surface area contributed by atoms with Gasteiger partial charge in [-0.3, -0.25) is 0 Å². The highest BCUT2D eigenvalue weighted by Gasteiger charge is 2.44. The molecule has 2 aliphatic heterocycles. The number of rotatable bonds is 3. The van der Waals surface area contributed by atoms with Gasteiger partial charge in [0.25, 0.3) is 0 Å². The van der Waals surface area contributed by atoms with E-state index in [0.717, 1.165) is 29.7 Å². The molecule has 2 aromatic rings. The molecule has 4 aliphatic rings. The monoisotopic (exact) mass is 336 g/mol. The Labute approximate surface area is 147 Å². The van der Waals surface area contributed by atoms with Gasteiger partial charge in [0.1, 0.15) is 0 Å². The second kappa shape index (κ2) is 5.93. The van der Waals surface area contributed by atoms with Crippen LogP contribution in [0.25, 0.3) is 11.3 Å². The Hall–Kier alpha value is -2.24. The standard InChI is InChI=1S/C19H24N6/c20-18-21-9-14(10-22-18)17-8-16(13-4-2-1-3-5-13)23-19(24-17)25-11-12-6-15(25)7-12/h8-10,12-13,15H,1-7,11H2,(H2,20,21,22). The zero-order valence-corrected chi connectivity index (χ0v) is 14.4. The Morgan fingerprint density at radius 1 is 1.00 bits per heavy atom. The number of hydrogen-bond acceptors (Lipinski definition) is 6. The first-order chi connectivity index (χ1) is 12.3. The van der Waals surface area contributed by atoms with Gasteiger partial charge in [0.05, 0.1) is 5.69 Å². The van der Waals surface area contributed by atoms with Gasteiger partial charge in [0.15, 0.2) is 0 Å². The first kappa shape index (κ1) is 15.0. The van der Waals surface area contributed by atoms with Crippen LogP contribution in [0.1, 0.15) is 56.6 Å². The maximum absolute atomic E-state index is 5.64. The van der Waals surface area contributed by atoms with E-state index in [2.05, 4.69) is 20.9 Å². The number of nitrogen functional groups attached to an aromatic ring is 1. The fourth-order valence-corrected chi connectivity index (χ4v) is 4.58. The molecule has 0 atom stereocenters. The second-order valence-electron chi connectivity index (χ2n) is 7.79. The number of anilines is 2. The van der Waals surface area contributed by atoms with E-state index in [0.29, 0.717) is 17.9 Å². The van der Waals surface area contributed by atoms with Gasteiger partial charge < -0.3 is 10.6 Å². The summed E-state index contributed by atoms with van der Waals surface area (Å²) in [4.78, 5) is 20.6. The van der Waals surface area contributed by atoms with Crippen LogP contribution < -0.4 is 10.6 Å². The third kappa shape index (κ3) is 2.73. The van der Waals surface area contributed by atoms with Crippen LogP contribution in [0.4, 0.5) is 11.9 Å². The van der Waals surface area contributed by atoms with Gasteiger partial charge in [-0.1, -0.05) is 19.3 Å². The predicted octanol–water partition coefficient (Wildman–Crippen LogP) is 3.16. The van der Waals surface area contributed by atoms with Crippen LogP contribution in [0.3, 0.4) is 0 Å². The van der Waals surface area contributed by atoms with Gasteiger partial charge >= 0.3 is 0 Å². The number of nitrogens with two attached hydrogens (primary N) is 1. The highest BCUT2D eigenvalue weighted by molar-refractivity contribution is 5.60. The Morgan fingerprint density at radius 2 is 1.76 bits per heavy atom. The van der Waals surface area contributed by atoms with Gasteiger partial charge in [-0.15, -0.1) is 0 Å². The summed E-state index contributed by atoms with van der Waals surface area (Å²) in [7, 11) is 0. The summed E-state index contributed by atoms with van der Waals surface area (Å²) in [6.45, 7) is 1.11. The van der Waals surface area contributed by atoms with E-state index in [-0.39, 0.29) is 0 Å². The van der Waals surface area contributed by atoms with Gasteiger partial charge in [0.2, 0.25) is 11.9 Å². The molecule has 2 saturated carbocycles. The van der Waals surface area contributed by atoms with Crippen molar-refractivity contribution in [3.8, 4) is 11.3 Å². The first-order valence-corrected chi connectivity index (χ1v) is 9.50. The maximum atomic E-state index is 5.64. The third-order valence-corrected chi connectivity index (χ3v) is 6.09. The zero-order chi connectivity index (χ0) is 16.8. The fraction of sp³-hybridized carbons (Fsp3) is 0.579. The Balaban J connectivity index is 1.55. The number of nitrogens with zero attached hydrogens (tertiary/aromatic N) is 5.